The molecule has 1 aliphatic heterocycles. The van der Waals surface area contributed by atoms with Gasteiger partial charge < -0.3 is 10.2 Å². The topological polar surface area (TPSA) is 71.0 Å². The molecule has 1 aliphatic rings. The summed E-state index contributed by atoms with van der Waals surface area (Å²) in [5, 5.41) is 3.73. The van der Waals surface area contributed by atoms with Crippen molar-refractivity contribution in [2.24, 2.45) is 5.92 Å². The highest BCUT2D eigenvalue weighted by Gasteiger charge is 2.33. The molecule has 4 rings (SSSR count). The van der Waals surface area contributed by atoms with Gasteiger partial charge in [-0.15, -0.1) is 0 Å². The molecule has 126 valence electrons. The monoisotopic (exact) mass is 351 g/mol. The molecule has 2 aromatic heterocycles. The Kier molecular flexibility index (Phi) is 4.15. The van der Waals surface area contributed by atoms with Crippen LogP contribution < -0.4 is 10.2 Å². The van der Waals surface area contributed by atoms with Gasteiger partial charge in [0.1, 0.15) is 17.1 Å². The third kappa shape index (κ3) is 3.36. The standard InChI is InChI=1S/C18H17N5OS/c1-12-7-17(25-22-12)21-18(24)14-9-23(10-14)16-8-15(19-11-20-16)13-5-3-2-4-6-13/h2-8,11,14H,9-10H2,1H3,(H,21,24). The molecule has 0 spiro atoms. The fraction of sp³-hybridized carbons (Fsp3) is 0.222. The van der Waals surface area contributed by atoms with Crippen molar-refractivity contribution >= 4 is 28.3 Å². The van der Waals surface area contributed by atoms with E-state index in [4.69, 9.17) is 0 Å². The molecule has 0 atom stereocenters. The van der Waals surface area contributed by atoms with E-state index in [-0.39, 0.29) is 11.8 Å². The van der Waals surface area contributed by atoms with Gasteiger partial charge in [-0.05, 0) is 24.5 Å². The third-order valence-corrected chi connectivity index (χ3v) is 4.97. The SMILES string of the molecule is Cc1cc(NC(=O)C2CN(c3cc(-c4ccccc4)ncn3)C2)sn1. The minimum absolute atomic E-state index is 0.0300. The van der Waals surface area contributed by atoms with E-state index in [0.29, 0.717) is 13.1 Å². The molecular weight excluding hydrogens is 334 g/mol. The maximum absolute atomic E-state index is 12.3. The molecule has 3 aromatic rings. The fourth-order valence-corrected chi connectivity index (χ4v) is 3.43. The molecule has 3 heterocycles. The van der Waals surface area contributed by atoms with Crippen LogP contribution in [0, 0.1) is 12.8 Å². The lowest BCUT2D eigenvalue weighted by atomic mass is 9.99. The molecule has 1 fully saturated rings. The number of nitrogens with one attached hydrogen (secondary N) is 1. The number of rotatable bonds is 4. The molecule has 1 saturated heterocycles. The second-order valence-corrected chi connectivity index (χ2v) is 6.86. The van der Waals surface area contributed by atoms with Crippen molar-refractivity contribution in [3.8, 4) is 11.3 Å². The summed E-state index contributed by atoms with van der Waals surface area (Å²) in [5.74, 6) is 0.862. The summed E-state index contributed by atoms with van der Waals surface area (Å²) in [7, 11) is 0. The third-order valence-electron chi connectivity index (χ3n) is 4.17. The van der Waals surface area contributed by atoms with E-state index in [1.54, 1.807) is 6.33 Å². The van der Waals surface area contributed by atoms with Gasteiger partial charge in [0.2, 0.25) is 5.91 Å². The van der Waals surface area contributed by atoms with Gasteiger partial charge >= 0.3 is 0 Å². The zero-order valence-corrected chi connectivity index (χ0v) is 14.5. The van der Waals surface area contributed by atoms with E-state index < -0.39 is 0 Å². The Balaban J connectivity index is 1.40. The van der Waals surface area contributed by atoms with Gasteiger partial charge in [-0.1, -0.05) is 30.3 Å². The number of hydrogen-bond donors (Lipinski definition) is 1. The summed E-state index contributed by atoms with van der Waals surface area (Å²) >= 11 is 1.31. The number of carbonyl (C=O) groups is 1. The summed E-state index contributed by atoms with van der Waals surface area (Å²) in [6, 6.07) is 13.9. The summed E-state index contributed by atoms with van der Waals surface area (Å²) < 4.78 is 4.17. The van der Waals surface area contributed by atoms with Crippen molar-refractivity contribution in [3.05, 3.63) is 54.5 Å². The number of aryl methyl sites for hydroxylation is 1. The predicted octanol–water partition coefficient (Wildman–Crippen LogP) is 2.98. The van der Waals surface area contributed by atoms with Crippen LogP contribution in [0.2, 0.25) is 0 Å². The first-order valence-corrected chi connectivity index (χ1v) is 8.83. The number of hydrogen-bond acceptors (Lipinski definition) is 6. The first-order valence-electron chi connectivity index (χ1n) is 8.05. The molecular formula is C18H17N5OS. The van der Waals surface area contributed by atoms with Crippen LogP contribution >= 0.6 is 11.5 Å². The average Bonchev–Trinajstić information content (AvgIpc) is 2.99. The lowest BCUT2D eigenvalue weighted by Crippen LogP contribution is -2.52. The summed E-state index contributed by atoms with van der Waals surface area (Å²) in [5.41, 5.74) is 2.87. The molecule has 1 aromatic carbocycles. The first-order chi connectivity index (χ1) is 12.2. The largest absolute Gasteiger partial charge is 0.355 e. The van der Waals surface area contributed by atoms with Crippen LogP contribution in [0.5, 0.6) is 0 Å². The minimum Gasteiger partial charge on any atom is -0.355 e. The highest BCUT2D eigenvalue weighted by Crippen LogP contribution is 2.27. The molecule has 0 bridgehead atoms. The zero-order valence-electron chi connectivity index (χ0n) is 13.7. The number of carbonyl (C=O) groups excluding carboxylic acids is 1. The normalized spacial score (nSPS) is 14.2. The van der Waals surface area contributed by atoms with Crippen LogP contribution in [0.3, 0.4) is 0 Å². The number of anilines is 2. The van der Waals surface area contributed by atoms with Crippen LogP contribution in [-0.2, 0) is 4.79 Å². The van der Waals surface area contributed by atoms with Crippen molar-refractivity contribution in [2.75, 3.05) is 23.3 Å². The van der Waals surface area contributed by atoms with Gasteiger partial charge in [-0.25, -0.2) is 9.97 Å². The second-order valence-electron chi connectivity index (χ2n) is 6.05. The number of aromatic nitrogens is 3. The zero-order chi connectivity index (χ0) is 17.2. The lowest BCUT2D eigenvalue weighted by Gasteiger charge is -2.39. The van der Waals surface area contributed by atoms with Crippen molar-refractivity contribution in [1.82, 2.24) is 14.3 Å². The lowest BCUT2D eigenvalue weighted by molar-refractivity contribution is -0.120. The quantitative estimate of drug-likeness (QED) is 0.782. The Morgan fingerprint density at radius 2 is 2.00 bits per heavy atom. The summed E-state index contributed by atoms with van der Waals surface area (Å²) in [4.78, 5) is 23.1. The fourth-order valence-electron chi connectivity index (χ4n) is 2.76. The predicted molar refractivity (Wildman–Crippen MR) is 98.7 cm³/mol. The second kappa shape index (κ2) is 6.60. The average molecular weight is 351 g/mol. The minimum atomic E-state index is -0.0300. The van der Waals surface area contributed by atoms with Crippen LogP contribution in [0.15, 0.2) is 48.8 Å². The molecule has 25 heavy (non-hydrogen) atoms. The van der Waals surface area contributed by atoms with Crippen LogP contribution in [-0.4, -0.2) is 33.3 Å². The van der Waals surface area contributed by atoms with E-state index >= 15 is 0 Å². The molecule has 1 amide bonds. The summed E-state index contributed by atoms with van der Waals surface area (Å²) in [6.07, 6.45) is 1.57. The maximum atomic E-state index is 12.3. The van der Waals surface area contributed by atoms with E-state index in [2.05, 4.69) is 24.6 Å². The highest BCUT2D eigenvalue weighted by atomic mass is 32.1. The molecule has 0 radical (unpaired) electrons. The highest BCUT2D eigenvalue weighted by molar-refractivity contribution is 7.10. The number of nitrogens with zero attached hydrogens (tertiary/aromatic N) is 4. The van der Waals surface area contributed by atoms with E-state index in [1.807, 2.05) is 49.4 Å². The Hall–Kier alpha value is -2.80. The van der Waals surface area contributed by atoms with Gasteiger partial charge in [0.05, 0.1) is 17.3 Å². The molecule has 7 heteroatoms. The Morgan fingerprint density at radius 1 is 1.20 bits per heavy atom. The Morgan fingerprint density at radius 3 is 2.72 bits per heavy atom. The van der Waals surface area contributed by atoms with Crippen molar-refractivity contribution in [3.63, 3.8) is 0 Å². The first kappa shape index (κ1) is 15.7. The van der Waals surface area contributed by atoms with Gasteiger partial charge in [0.25, 0.3) is 0 Å². The van der Waals surface area contributed by atoms with E-state index in [9.17, 15) is 4.79 Å². The van der Waals surface area contributed by atoms with Gasteiger partial charge in [0.15, 0.2) is 0 Å². The Labute approximate surface area is 149 Å². The van der Waals surface area contributed by atoms with Crippen molar-refractivity contribution in [1.29, 1.82) is 0 Å². The number of benzene rings is 1. The molecule has 0 saturated carbocycles. The van der Waals surface area contributed by atoms with Crippen molar-refractivity contribution in [2.45, 2.75) is 6.92 Å². The van der Waals surface area contributed by atoms with Gasteiger partial charge in [-0.2, -0.15) is 4.37 Å². The maximum Gasteiger partial charge on any atom is 0.231 e. The number of amides is 1. The molecule has 0 unspecified atom stereocenters. The van der Waals surface area contributed by atoms with Gasteiger partial charge in [0, 0.05) is 24.7 Å². The molecule has 6 nitrogen and oxygen atoms in total. The van der Waals surface area contributed by atoms with Crippen LogP contribution in [0.4, 0.5) is 10.8 Å². The molecule has 0 aliphatic carbocycles. The smallest absolute Gasteiger partial charge is 0.231 e. The van der Waals surface area contributed by atoms with E-state index in [1.165, 1.54) is 11.5 Å². The molecule has 1 N–H and O–H groups in total. The van der Waals surface area contributed by atoms with Crippen LogP contribution in [0.1, 0.15) is 5.69 Å². The summed E-state index contributed by atoms with van der Waals surface area (Å²) in [6.45, 7) is 3.24. The van der Waals surface area contributed by atoms with Crippen LogP contribution in [0.25, 0.3) is 11.3 Å². The Bertz CT molecular complexity index is 889. The van der Waals surface area contributed by atoms with Gasteiger partial charge in [-0.3, -0.25) is 4.79 Å². The van der Waals surface area contributed by atoms with E-state index in [0.717, 1.165) is 27.8 Å². The van der Waals surface area contributed by atoms with Crippen molar-refractivity contribution < 1.29 is 4.79 Å².